The van der Waals surface area contributed by atoms with E-state index in [-0.39, 0.29) is 12.0 Å². The van der Waals surface area contributed by atoms with E-state index in [4.69, 9.17) is 14.2 Å². The lowest BCUT2D eigenvalue weighted by molar-refractivity contribution is -0.163. The SMILES string of the molecule is COC(=O)C12C[C@@H]3CC(CCOCc4ccccc4)C1N(CCc1c2[nH]c2ccc(OC)cc12)C3. The minimum Gasteiger partial charge on any atom is -0.497 e. The van der Waals surface area contributed by atoms with Gasteiger partial charge in [0, 0.05) is 42.3 Å². The number of carbonyl (C=O) groups excluding carboxylic acids is 1. The second kappa shape index (κ2) is 8.99. The molecular weight excluding hydrogens is 440 g/mol. The monoisotopic (exact) mass is 474 g/mol. The first-order chi connectivity index (χ1) is 17.1. The normalized spacial score (nSPS) is 29.0. The molecule has 2 aromatic carbocycles. The van der Waals surface area contributed by atoms with Crippen molar-refractivity contribution in [2.24, 2.45) is 11.8 Å². The number of rotatable bonds is 7. The number of esters is 1. The van der Waals surface area contributed by atoms with Gasteiger partial charge in [0.05, 0.1) is 20.8 Å². The lowest BCUT2D eigenvalue weighted by Crippen LogP contribution is -2.67. The molecule has 0 radical (unpaired) electrons. The Morgan fingerprint density at radius 1 is 1.17 bits per heavy atom. The number of ether oxygens (including phenoxy) is 3. The molecule has 1 saturated carbocycles. The largest absolute Gasteiger partial charge is 0.497 e. The predicted molar refractivity (Wildman–Crippen MR) is 135 cm³/mol. The molecule has 1 aromatic heterocycles. The molecule has 2 saturated heterocycles. The van der Waals surface area contributed by atoms with E-state index in [1.807, 2.05) is 24.3 Å². The number of aromatic nitrogens is 1. The zero-order valence-corrected chi connectivity index (χ0v) is 20.6. The molecule has 4 heterocycles. The summed E-state index contributed by atoms with van der Waals surface area (Å²) in [6.45, 7) is 3.35. The Labute approximate surface area is 206 Å². The van der Waals surface area contributed by atoms with Crippen LogP contribution in [0.2, 0.25) is 0 Å². The summed E-state index contributed by atoms with van der Waals surface area (Å²) in [6.07, 6.45) is 3.87. The summed E-state index contributed by atoms with van der Waals surface area (Å²) >= 11 is 0. The van der Waals surface area contributed by atoms with E-state index in [0.717, 1.165) is 61.1 Å². The first-order valence-corrected chi connectivity index (χ1v) is 12.8. The van der Waals surface area contributed by atoms with Crippen molar-refractivity contribution in [1.82, 2.24) is 9.88 Å². The van der Waals surface area contributed by atoms with Gasteiger partial charge in [-0.2, -0.15) is 0 Å². The van der Waals surface area contributed by atoms with Gasteiger partial charge in [-0.1, -0.05) is 30.3 Å². The lowest BCUT2D eigenvalue weighted by Gasteiger charge is -2.58. The van der Waals surface area contributed by atoms with Crippen molar-refractivity contribution in [3.8, 4) is 5.75 Å². The number of hydrogen-bond donors (Lipinski definition) is 1. The summed E-state index contributed by atoms with van der Waals surface area (Å²) in [5.41, 5.74) is 3.91. The maximum Gasteiger partial charge on any atom is 0.319 e. The average Bonchev–Trinajstić information content (AvgIpc) is 3.23. The van der Waals surface area contributed by atoms with Crippen LogP contribution in [0.25, 0.3) is 10.9 Å². The number of aromatic amines is 1. The van der Waals surface area contributed by atoms with Crippen molar-refractivity contribution in [1.29, 1.82) is 0 Å². The van der Waals surface area contributed by atoms with Gasteiger partial charge in [-0.05, 0) is 66.8 Å². The molecule has 4 bridgehead atoms. The molecule has 184 valence electrons. The van der Waals surface area contributed by atoms with Gasteiger partial charge in [-0.15, -0.1) is 0 Å². The van der Waals surface area contributed by atoms with Crippen LogP contribution < -0.4 is 4.74 Å². The molecular formula is C29H34N2O4. The number of piperidine rings is 2. The number of fused-ring (bicyclic) bond motifs is 4. The van der Waals surface area contributed by atoms with Crippen molar-refractivity contribution >= 4 is 16.9 Å². The second-order valence-electron chi connectivity index (χ2n) is 10.4. The third-order valence-electron chi connectivity index (χ3n) is 8.59. The Kier molecular flexibility index (Phi) is 5.81. The van der Waals surface area contributed by atoms with Crippen molar-refractivity contribution in [3.05, 3.63) is 65.4 Å². The zero-order valence-electron chi connectivity index (χ0n) is 20.6. The minimum absolute atomic E-state index is 0.103. The summed E-state index contributed by atoms with van der Waals surface area (Å²) in [5.74, 6) is 1.61. The Morgan fingerprint density at radius 3 is 2.83 bits per heavy atom. The number of methoxy groups -OCH3 is 2. The van der Waals surface area contributed by atoms with Gasteiger partial charge in [0.25, 0.3) is 0 Å². The fraction of sp³-hybridized carbons (Fsp3) is 0.483. The fourth-order valence-corrected chi connectivity index (χ4v) is 7.31. The van der Waals surface area contributed by atoms with Gasteiger partial charge in [0.1, 0.15) is 11.2 Å². The molecule has 0 spiro atoms. The minimum atomic E-state index is -0.669. The number of carbonyl (C=O) groups is 1. The number of H-pyrrole nitrogens is 1. The first kappa shape index (κ1) is 22.6. The molecule has 6 nitrogen and oxygen atoms in total. The van der Waals surface area contributed by atoms with Crippen LogP contribution in [0, 0.1) is 11.8 Å². The van der Waals surface area contributed by atoms with Crippen LogP contribution >= 0.6 is 0 Å². The van der Waals surface area contributed by atoms with E-state index >= 15 is 0 Å². The highest BCUT2D eigenvalue weighted by Crippen LogP contribution is 2.55. The zero-order chi connectivity index (χ0) is 24.0. The summed E-state index contributed by atoms with van der Waals surface area (Å²) in [7, 11) is 3.24. The van der Waals surface area contributed by atoms with Gasteiger partial charge >= 0.3 is 5.97 Å². The Balaban J connectivity index is 1.34. The van der Waals surface area contributed by atoms with Crippen molar-refractivity contribution in [2.75, 3.05) is 33.9 Å². The molecule has 3 aromatic rings. The molecule has 4 unspecified atom stereocenters. The smallest absolute Gasteiger partial charge is 0.319 e. The van der Waals surface area contributed by atoms with Crippen LogP contribution in [0.15, 0.2) is 48.5 Å². The first-order valence-electron chi connectivity index (χ1n) is 12.8. The Morgan fingerprint density at radius 2 is 2.03 bits per heavy atom. The Bertz CT molecular complexity index is 1220. The molecule has 5 atom stereocenters. The highest BCUT2D eigenvalue weighted by molar-refractivity contribution is 5.92. The standard InChI is InChI=1S/C29H34N2O4/c1-33-22-8-9-25-24(15-22)23-10-12-31-17-20-14-21(11-13-35-18-19-6-4-3-5-7-19)27(31)29(16-20,26(23)30-25)28(32)34-2/h3-9,15,20-21,27,30H,10-14,16-18H2,1-2H3/t20-,21?,27?,29?/m0/s1. The highest BCUT2D eigenvalue weighted by atomic mass is 16.5. The maximum atomic E-state index is 13.7. The molecule has 35 heavy (non-hydrogen) atoms. The van der Waals surface area contributed by atoms with Crippen molar-refractivity contribution in [2.45, 2.75) is 43.7 Å². The third-order valence-corrected chi connectivity index (χ3v) is 8.59. The molecule has 0 amide bonds. The predicted octanol–water partition coefficient (Wildman–Crippen LogP) is 4.46. The number of hydrogen-bond acceptors (Lipinski definition) is 5. The average molecular weight is 475 g/mol. The molecule has 7 rings (SSSR count). The molecule has 6 heteroatoms. The van der Waals surface area contributed by atoms with E-state index in [2.05, 4.69) is 34.1 Å². The molecule has 1 aliphatic carbocycles. The summed E-state index contributed by atoms with van der Waals surface area (Å²) < 4.78 is 17.2. The Hall–Kier alpha value is -2.83. The molecule has 4 aliphatic rings. The summed E-state index contributed by atoms with van der Waals surface area (Å²) in [5, 5.41) is 1.16. The fourth-order valence-electron chi connectivity index (χ4n) is 7.31. The van der Waals surface area contributed by atoms with E-state index in [1.54, 1.807) is 7.11 Å². The van der Waals surface area contributed by atoms with Gasteiger partial charge in [0.15, 0.2) is 0 Å². The number of nitrogens with one attached hydrogen (secondary N) is 1. The molecule has 1 N–H and O–H groups in total. The summed E-state index contributed by atoms with van der Waals surface area (Å²) in [6, 6.07) is 16.6. The third kappa shape index (κ3) is 3.66. The summed E-state index contributed by atoms with van der Waals surface area (Å²) in [4.78, 5) is 20.0. The van der Waals surface area contributed by atoms with E-state index in [1.165, 1.54) is 18.2 Å². The van der Waals surface area contributed by atoms with Crippen molar-refractivity contribution < 1.29 is 19.0 Å². The van der Waals surface area contributed by atoms with E-state index in [0.29, 0.717) is 25.0 Å². The van der Waals surface area contributed by atoms with Gasteiger partial charge in [0.2, 0.25) is 0 Å². The van der Waals surface area contributed by atoms with Gasteiger partial charge in [-0.3, -0.25) is 9.69 Å². The van der Waals surface area contributed by atoms with Gasteiger partial charge in [-0.25, -0.2) is 0 Å². The van der Waals surface area contributed by atoms with Crippen LogP contribution in [-0.2, 0) is 32.7 Å². The number of benzene rings is 2. The quantitative estimate of drug-likeness (QED) is 0.405. The van der Waals surface area contributed by atoms with Crippen LogP contribution in [0.4, 0.5) is 0 Å². The molecule has 3 fully saturated rings. The van der Waals surface area contributed by atoms with E-state index in [9.17, 15) is 4.79 Å². The van der Waals surface area contributed by atoms with Crippen LogP contribution in [0.1, 0.15) is 36.1 Å². The highest BCUT2D eigenvalue weighted by Gasteiger charge is 2.62. The van der Waals surface area contributed by atoms with Gasteiger partial charge < -0.3 is 19.2 Å². The maximum absolute atomic E-state index is 13.7. The van der Waals surface area contributed by atoms with Crippen molar-refractivity contribution in [3.63, 3.8) is 0 Å². The van der Waals surface area contributed by atoms with Crippen LogP contribution in [0.5, 0.6) is 5.75 Å². The van der Waals surface area contributed by atoms with Crippen LogP contribution in [0.3, 0.4) is 0 Å². The second-order valence-corrected chi connectivity index (χ2v) is 10.4. The lowest BCUT2D eigenvalue weighted by atomic mass is 9.56. The van der Waals surface area contributed by atoms with Crippen LogP contribution in [-0.4, -0.2) is 55.8 Å². The topological polar surface area (TPSA) is 63.8 Å². The number of nitrogens with zero attached hydrogens (tertiary/aromatic N) is 1. The molecule has 3 aliphatic heterocycles. The van der Waals surface area contributed by atoms with E-state index < -0.39 is 5.41 Å².